The zero-order valence-corrected chi connectivity index (χ0v) is 12.4. The molecule has 0 fully saturated rings. The van der Waals surface area contributed by atoms with Crippen molar-refractivity contribution in [2.24, 2.45) is 0 Å². The minimum atomic E-state index is -3.81. The Morgan fingerprint density at radius 1 is 1.35 bits per heavy atom. The van der Waals surface area contributed by atoms with Gasteiger partial charge in [0.25, 0.3) is 10.0 Å². The summed E-state index contributed by atoms with van der Waals surface area (Å²) in [7, 11) is -3.81. The Morgan fingerprint density at radius 3 is 2.60 bits per heavy atom. The topological polar surface area (TPSA) is 96.4 Å². The van der Waals surface area contributed by atoms with Crippen molar-refractivity contribution in [1.29, 1.82) is 0 Å². The predicted octanol–water partition coefficient (Wildman–Crippen LogP) is 2.26. The SMILES string of the molecule is Cc1ccncc1NS(=O)(=O)c1cc(C)c(C(=O)O)s1. The molecule has 8 heteroatoms. The Balaban J connectivity index is 2.39. The van der Waals surface area contributed by atoms with Crippen LogP contribution in [0.2, 0.25) is 0 Å². The second kappa shape index (κ2) is 5.22. The van der Waals surface area contributed by atoms with Crippen LogP contribution in [0.25, 0.3) is 0 Å². The number of carbonyl (C=O) groups is 1. The maximum Gasteiger partial charge on any atom is 0.346 e. The molecule has 0 radical (unpaired) electrons. The van der Waals surface area contributed by atoms with Gasteiger partial charge in [-0.15, -0.1) is 11.3 Å². The van der Waals surface area contributed by atoms with E-state index in [0.29, 0.717) is 11.3 Å². The number of nitrogens with one attached hydrogen (secondary N) is 1. The molecule has 0 amide bonds. The quantitative estimate of drug-likeness (QED) is 0.902. The number of thiophene rings is 1. The number of aromatic nitrogens is 1. The second-order valence-electron chi connectivity index (χ2n) is 4.18. The van der Waals surface area contributed by atoms with Gasteiger partial charge < -0.3 is 5.11 Å². The molecule has 2 heterocycles. The Hall–Kier alpha value is -1.93. The van der Waals surface area contributed by atoms with Gasteiger partial charge in [0.1, 0.15) is 9.09 Å². The van der Waals surface area contributed by atoms with Crippen LogP contribution in [0, 0.1) is 13.8 Å². The van der Waals surface area contributed by atoms with Crippen LogP contribution in [0.15, 0.2) is 28.7 Å². The van der Waals surface area contributed by atoms with Crippen LogP contribution >= 0.6 is 11.3 Å². The first-order valence-corrected chi connectivity index (χ1v) is 7.88. The van der Waals surface area contributed by atoms with Gasteiger partial charge in [-0.1, -0.05) is 0 Å². The fourth-order valence-corrected chi connectivity index (χ4v) is 4.06. The third-order valence-corrected chi connectivity index (χ3v) is 5.70. The maximum atomic E-state index is 12.2. The summed E-state index contributed by atoms with van der Waals surface area (Å²) in [5, 5.41) is 8.96. The molecule has 2 N–H and O–H groups in total. The number of hydrogen-bond donors (Lipinski definition) is 2. The minimum absolute atomic E-state index is 0.0216. The number of anilines is 1. The fraction of sp³-hybridized carbons (Fsp3) is 0.167. The molecule has 106 valence electrons. The summed E-state index contributed by atoms with van der Waals surface area (Å²) >= 11 is 0.729. The standard InChI is InChI=1S/C12H12N2O4S2/c1-7-3-4-13-6-9(7)14-20(17,18)10-5-8(2)11(19-10)12(15)16/h3-6,14H,1-2H3,(H,15,16). The van der Waals surface area contributed by atoms with Crippen molar-refractivity contribution >= 4 is 33.0 Å². The zero-order valence-electron chi connectivity index (χ0n) is 10.7. The van der Waals surface area contributed by atoms with Crippen molar-refractivity contribution in [3.05, 3.63) is 40.5 Å². The first kappa shape index (κ1) is 14.5. The van der Waals surface area contributed by atoms with Crippen molar-refractivity contribution < 1.29 is 18.3 Å². The van der Waals surface area contributed by atoms with Crippen molar-refractivity contribution in [2.75, 3.05) is 4.72 Å². The van der Waals surface area contributed by atoms with E-state index in [1.807, 2.05) is 0 Å². The van der Waals surface area contributed by atoms with Crippen LogP contribution in [0.3, 0.4) is 0 Å². The molecule has 0 unspecified atom stereocenters. The van der Waals surface area contributed by atoms with Gasteiger partial charge in [-0.05, 0) is 37.1 Å². The number of carboxylic acids is 1. The number of carboxylic acid groups (broad SMARTS) is 1. The van der Waals surface area contributed by atoms with Crippen molar-refractivity contribution in [2.45, 2.75) is 18.1 Å². The molecule has 2 aromatic heterocycles. The van der Waals surface area contributed by atoms with Gasteiger partial charge in [0.2, 0.25) is 0 Å². The molecule has 0 aliphatic rings. The highest BCUT2D eigenvalue weighted by Gasteiger charge is 2.22. The van der Waals surface area contributed by atoms with Crippen molar-refractivity contribution in [1.82, 2.24) is 4.98 Å². The summed E-state index contributed by atoms with van der Waals surface area (Å²) in [4.78, 5) is 14.8. The molecular formula is C12H12N2O4S2. The predicted molar refractivity (Wildman–Crippen MR) is 75.8 cm³/mol. The lowest BCUT2D eigenvalue weighted by molar-refractivity contribution is 0.0701. The molecule has 6 nitrogen and oxygen atoms in total. The summed E-state index contributed by atoms with van der Waals surface area (Å²) in [5.74, 6) is -1.13. The van der Waals surface area contributed by atoms with E-state index in [-0.39, 0.29) is 9.09 Å². The number of sulfonamides is 1. The molecule has 0 aromatic carbocycles. The largest absolute Gasteiger partial charge is 0.477 e. The normalized spacial score (nSPS) is 11.3. The second-order valence-corrected chi connectivity index (χ2v) is 7.14. The van der Waals surface area contributed by atoms with Gasteiger partial charge in [0, 0.05) is 6.20 Å². The van der Waals surface area contributed by atoms with Crippen molar-refractivity contribution in [3.8, 4) is 0 Å². The van der Waals surface area contributed by atoms with E-state index in [1.54, 1.807) is 26.1 Å². The van der Waals surface area contributed by atoms with E-state index in [2.05, 4.69) is 9.71 Å². The van der Waals surface area contributed by atoms with Gasteiger partial charge >= 0.3 is 5.97 Å². The molecule has 0 atom stereocenters. The van der Waals surface area contributed by atoms with E-state index in [1.165, 1.54) is 12.3 Å². The summed E-state index contributed by atoms with van der Waals surface area (Å²) < 4.78 is 26.8. The molecule has 0 bridgehead atoms. The fourth-order valence-electron chi connectivity index (χ4n) is 1.56. The van der Waals surface area contributed by atoms with Crippen LogP contribution < -0.4 is 4.72 Å². The Kier molecular flexibility index (Phi) is 3.78. The molecule has 0 aliphatic carbocycles. The highest BCUT2D eigenvalue weighted by molar-refractivity contribution is 7.94. The Bertz CT molecular complexity index is 766. The third kappa shape index (κ3) is 2.81. The molecular weight excluding hydrogens is 300 g/mol. The van der Waals surface area contributed by atoms with Crippen LogP contribution in [0.4, 0.5) is 5.69 Å². The van der Waals surface area contributed by atoms with Crippen molar-refractivity contribution in [3.63, 3.8) is 0 Å². The molecule has 0 aliphatic heterocycles. The molecule has 0 saturated carbocycles. The minimum Gasteiger partial charge on any atom is -0.477 e. The zero-order chi connectivity index (χ0) is 14.9. The summed E-state index contributed by atoms with van der Waals surface area (Å²) in [6, 6.07) is 3.03. The number of nitrogens with zero attached hydrogens (tertiary/aromatic N) is 1. The molecule has 2 aromatic rings. The lowest BCUT2D eigenvalue weighted by Crippen LogP contribution is -2.12. The number of aryl methyl sites for hydroxylation is 2. The van der Waals surface area contributed by atoms with E-state index < -0.39 is 16.0 Å². The van der Waals surface area contributed by atoms with E-state index in [4.69, 9.17) is 5.11 Å². The summed E-state index contributed by atoms with van der Waals surface area (Å²) in [5.41, 5.74) is 1.52. The molecule has 20 heavy (non-hydrogen) atoms. The smallest absolute Gasteiger partial charge is 0.346 e. The van der Waals surface area contributed by atoms with Gasteiger partial charge in [-0.2, -0.15) is 0 Å². The van der Waals surface area contributed by atoms with Gasteiger partial charge in [0.05, 0.1) is 11.9 Å². The van der Waals surface area contributed by atoms with E-state index in [0.717, 1.165) is 16.9 Å². The average Bonchev–Trinajstić information content (AvgIpc) is 2.75. The van der Waals surface area contributed by atoms with E-state index >= 15 is 0 Å². The number of rotatable bonds is 4. The van der Waals surface area contributed by atoms with Gasteiger partial charge in [-0.25, -0.2) is 13.2 Å². The maximum absolute atomic E-state index is 12.2. The highest BCUT2D eigenvalue weighted by Crippen LogP contribution is 2.28. The Labute approximate surface area is 120 Å². The van der Waals surface area contributed by atoms with Gasteiger partial charge in [-0.3, -0.25) is 9.71 Å². The van der Waals surface area contributed by atoms with Crippen LogP contribution in [0.1, 0.15) is 20.8 Å². The molecule has 2 rings (SSSR count). The number of hydrogen-bond acceptors (Lipinski definition) is 5. The number of pyridine rings is 1. The van der Waals surface area contributed by atoms with Crippen LogP contribution in [-0.2, 0) is 10.0 Å². The molecule has 0 spiro atoms. The lowest BCUT2D eigenvalue weighted by Gasteiger charge is -2.07. The lowest BCUT2D eigenvalue weighted by atomic mass is 10.3. The first-order valence-electron chi connectivity index (χ1n) is 5.58. The average molecular weight is 312 g/mol. The number of aromatic carboxylic acids is 1. The van der Waals surface area contributed by atoms with Gasteiger partial charge in [0.15, 0.2) is 0 Å². The summed E-state index contributed by atoms with van der Waals surface area (Å²) in [6.45, 7) is 3.32. The van der Waals surface area contributed by atoms with Crippen LogP contribution in [-0.4, -0.2) is 24.5 Å². The third-order valence-electron chi connectivity index (χ3n) is 2.64. The van der Waals surface area contributed by atoms with Crippen LogP contribution in [0.5, 0.6) is 0 Å². The highest BCUT2D eigenvalue weighted by atomic mass is 32.2. The Morgan fingerprint density at radius 2 is 2.05 bits per heavy atom. The summed E-state index contributed by atoms with van der Waals surface area (Å²) in [6.07, 6.45) is 2.97. The first-order chi connectivity index (χ1) is 9.31. The monoisotopic (exact) mass is 312 g/mol. The molecule has 0 saturated heterocycles. The van der Waals surface area contributed by atoms with E-state index in [9.17, 15) is 13.2 Å².